The van der Waals surface area contributed by atoms with Gasteiger partial charge in [0, 0.05) is 62.0 Å². The van der Waals surface area contributed by atoms with Crippen molar-refractivity contribution < 1.29 is 37.4 Å². The van der Waals surface area contributed by atoms with Crippen molar-refractivity contribution in [1.29, 1.82) is 0 Å². The maximum absolute atomic E-state index is 13.4. The van der Waals surface area contributed by atoms with Gasteiger partial charge >= 0.3 is 12.6 Å². The van der Waals surface area contributed by atoms with E-state index in [-0.39, 0.29) is 24.5 Å². The number of hydrogen-bond donors (Lipinski definition) is 2. The van der Waals surface area contributed by atoms with E-state index in [0.717, 1.165) is 70.8 Å². The molecule has 2 aliphatic rings. The van der Waals surface area contributed by atoms with Crippen LogP contribution in [0.25, 0.3) is 45.1 Å². The normalized spacial score (nSPS) is 16.9. The fourth-order valence-corrected chi connectivity index (χ4v) is 7.13. The quantitative estimate of drug-likeness (QED) is 0.154. The minimum absolute atomic E-state index is 0.0646. The summed E-state index contributed by atoms with van der Waals surface area (Å²) < 4.78 is 44.2. The highest BCUT2D eigenvalue weighted by Crippen LogP contribution is 2.39. The van der Waals surface area contributed by atoms with Gasteiger partial charge in [-0.1, -0.05) is 24.3 Å². The average molecular weight is 673 g/mol. The Kier molecular flexibility index (Phi) is 9.19. The van der Waals surface area contributed by atoms with Crippen molar-refractivity contribution >= 4 is 17.1 Å². The molecule has 4 heterocycles. The van der Waals surface area contributed by atoms with E-state index in [9.17, 15) is 23.8 Å². The predicted octanol–water partition coefficient (Wildman–Crippen LogP) is 6.82. The number of oxazole rings is 2. The summed E-state index contributed by atoms with van der Waals surface area (Å²) in [4.78, 5) is 25.4. The van der Waals surface area contributed by atoms with Gasteiger partial charge in [-0.25, -0.2) is 9.97 Å². The molecule has 1 saturated heterocycles. The first-order chi connectivity index (χ1) is 23.7. The van der Waals surface area contributed by atoms with Gasteiger partial charge in [0.25, 0.3) is 0 Å². The predicted molar refractivity (Wildman–Crippen MR) is 178 cm³/mol. The van der Waals surface area contributed by atoms with Crippen LogP contribution in [0.5, 0.6) is 5.75 Å². The number of carboxylic acids is 1. The number of aliphatic carboxylic acids is 1. The van der Waals surface area contributed by atoms with Crippen molar-refractivity contribution in [3.63, 3.8) is 0 Å². The number of alkyl halides is 2. The molecule has 3 aromatic carbocycles. The third kappa shape index (κ3) is 6.55. The van der Waals surface area contributed by atoms with Gasteiger partial charge in [-0.2, -0.15) is 8.78 Å². The second-order valence-electron chi connectivity index (χ2n) is 12.7. The molecule has 5 aromatic rings. The molecule has 256 valence electrons. The lowest BCUT2D eigenvalue weighted by molar-refractivity contribution is -0.142. The first-order valence-electron chi connectivity index (χ1n) is 16.6. The van der Waals surface area contributed by atoms with E-state index in [2.05, 4.69) is 11.0 Å². The van der Waals surface area contributed by atoms with Crippen LogP contribution in [-0.2, 0) is 24.3 Å². The largest absolute Gasteiger partial charge is 0.480 e. The van der Waals surface area contributed by atoms with E-state index in [0.29, 0.717) is 48.8 Å². The number of aromatic nitrogens is 2. The second kappa shape index (κ2) is 13.7. The SMILES string of the molecule is Cc1c(-c2nc3c(o2)CCN(CCCO)C3)cccc1-c1cccc(-c2nc3cc(CN4CCC[C@H]4C(=O)O)c(OC(F)F)cc3o2)c1C. The van der Waals surface area contributed by atoms with Crippen molar-refractivity contribution in [3.8, 4) is 39.8 Å². The Morgan fingerprint density at radius 1 is 1.00 bits per heavy atom. The van der Waals surface area contributed by atoms with Crippen molar-refractivity contribution in [2.24, 2.45) is 0 Å². The number of aliphatic hydroxyl groups is 1. The smallest absolute Gasteiger partial charge is 0.387 e. The molecule has 12 heteroatoms. The topological polar surface area (TPSA) is 125 Å². The van der Waals surface area contributed by atoms with Crippen LogP contribution in [0.1, 0.15) is 47.4 Å². The Hall–Kier alpha value is -4.65. The van der Waals surface area contributed by atoms with Crippen molar-refractivity contribution in [3.05, 3.63) is 76.7 Å². The number of benzene rings is 3. The van der Waals surface area contributed by atoms with Crippen LogP contribution in [0.15, 0.2) is 57.4 Å². The third-order valence-corrected chi connectivity index (χ3v) is 9.67. The Labute approximate surface area is 281 Å². The lowest BCUT2D eigenvalue weighted by Crippen LogP contribution is -2.35. The van der Waals surface area contributed by atoms with Crippen LogP contribution in [0, 0.1) is 13.8 Å². The lowest BCUT2D eigenvalue weighted by Gasteiger charge is -2.24. The number of carbonyl (C=O) groups is 1. The molecule has 0 spiro atoms. The first-order valence-corrected chi connectivity index (χ1v) is 16.6. The number of fused-ring (bicyclic) bond motifs is 2. The van der Waals surface area contributed by atoms with Crippen LogP contribution < -0.4 is 4.74 Å². The van der Waals surface area contributed by atoms with E-state index < -0.39 is 18.6 Å². The molecule has 1 atom stereocenters. The summed E-state index contributed by atoms with van der Waals surface area (Å²) in [5, 5.41) is 18.9. The number of ether oxygens (including phenoxy) is 1. The molecule has 0 amide bonds. The highest BCUT2D eigenvalue weighted by atomic mass is 19.3. The van der Waals surface area contributed by atoms with E-state index in [1.54, 1.807) is 11.0 Å². The van der Waals surface area contributed by atoms with Crippen LogP contribution in [0.3, 0.4) is 0 Å². The number of nitrogens with zero attached hydrogens (tertiary/aromatic N) is 4. The maximum atomic E-state index is 13.4. The number of carboxylic acid groups (broad SMARTS) is 1. The van der Waals surface area contributed by atoms with Gasteiger partial charge in [0.05, 0.1) is 5.69 Å². The monoisotopic (exact) mass is 672 g/mol. The zero-order valence-electron chi connectivity index (χ0n) is 27.4. The molecular formula is C37H38F2N4O6. The van der Waals surface area contributed by atoms with Gasteiger partial charge in [-0.15, -0.1) is 0 Å². The standard InChI is InChI=1S/C37H38F2N4O6/c1-21-24(25-8-4-10-27(22(25)2)35-41-29-20-42(13-6-16-44)15-12-31(29)47-35)7-3-9-26(21)34-40-28-17-23(19-43-14-5-11-30(43)36(45)46)32(49-37(38)39)18-33(28)48-34/h3-4,7-10,17-18,30,37,44H,5-6,11-16,19-20H2,1-2H3,(H,45,46)/t30-/m0/s1. The third-order valence-electron chi connectivity index (χ3n) is 9.67. The van der Waals surface area contributed by atoms with E-state index >= 15 is 0 Å². The lowest BCUT2D eigenvalue weighted by atomic mass is 9.91. The molecule has 49 heavy (non-hydrogen) atoms. The molecule has 2 aromatic heterocycles. The van der Waals surface area contributed by atoms with Crippen molar-refractivity contribution in [1.82, 2.24) is 19.8 Å². The van der Waals surface area contributed by atoms with E-state index in [1.807, 2.05) is 44.2 Å². The summed E-state index contributed by atoms with van der Waals surface area (Å²) in [5.41, 5.74) is 7.67. The summed E-state index contributed by atoms with van der Waals surface area (Å²) in [6, 6.07) is 14.3. The van der Waals surface area contributed by atoms with Gasteiger partial charge in [0.1, 0.15) is 23.1 Å². The summed E-state index contributed by atoms with van der Waals surface area (Å²) in [5.74, 6) is 0.823. The Morgan fingerprint density at radius 3 is 2.37 bits per heavy atom. The summed E-state index contributed by atoms with van der Waals surface area (Å²) >= 11 is 0. The molecule has 7 rings (SSSR count). The second-order valence-corrected chi connectivity index (χ2v) is 12.7. The molecule has 2 N–H and O–H groups in total. The van der Waals surface area contributed by atoms with Gasteiger partial charge in [0.15, 0.2) is 5.58 Å². The molecule has 0 saturated carbocycles. The van der Waals surface area contributed by atoms with Crippen LogP contribution in [0.4, 0.5) is 8.78 Å². The summed E-state index contributed by atoms with van der Waals surface area (Å²) in [6.07, 6.45) is 2.71. The Bertz CT molecular complexity index is 2010. The summed E-state index contributed by atoms with van der Waals surface area (Å²) in [7, 11) is 0. The number of aliphatic hydroxyl groups excluding tert-OH is 1. The minimum atomic E-state index is -3.06. The average Bonchev–Trinajstić information content (AvgIpc) is 3.82. The van der Waals surface area contributed by atoms with E-state index in [4.69, 9.17) is 23.5 Å². The highest BCUT2D eigenvalue weighted by Gasteiger charge is 2.32. The Morgan fingerprint density at radius 2 is 1.69 bits per heavy atom. The molecule has 10 nitrogen and oxygen atoms in total. The first kappa shape index (κ1) is 32.9. The number of hydrogen-bond acceptors (Lipinski definition) is 9. The fraction of sp³-hybridized carbons (Fsp3) is 0.378. The van der Waals surface area contributed by atoms with Gasteiger partial charge < -0.3 is 23.8 Å². The zero-order valence-corrected chi connectivity index (χ0v) is 27.4. The number of halogens is 2. The number of rotatable bonds is 11. The molecule has 1 fully saturated rings. The molecule has 0 unspecified atom stereocenters. The van der Waals surface area contributed by atoms with Gasteiger partial charge in [0.2, 0.25) is 11.8 Å². The van der Waals surface area contributed by atoms with Gasteiger partial charge in [-0.3, -0.25) is 14.6 Å². The molecule has 0 bridgehead atoms. The molecular weight excluding hydrogens is 634 g/mol. The van der Waals surface area contributed by atoms with Crippen molar-refractivity contribution in [2.75, 3.05) is 26.2 Å². The van der Waals surface area contributed by atoms with Crippen LogP contribution >= 0.6 is 0 Å². The molecule has 0 radical (unpaired) electrons. The zero-order chi connectivity index (χ0) is 34.2. The molecule has 0 aliphatic carbocycles. The maximum Gasteiger partial charge on any atom is 0.387 e. The molecule has 2 aliphatic heterocycles. The van der Waals surface area contributed by atoms with Crippen molar-refractivity contribution in [2.45, 2.75) is 65.3 Å². The van der Waals surface area contributed by atoms with Crippen LogP contribution in [-0.4, -0.2) is 74.8 Å². The highest BCUT2D eigenvalue weighted by molar-refractivity contribution is 5.84. The summed E-state index contributed by atoms with van der Waals surface area (Å²) in [6.45, 7) is 4.22. The van der Waals surface area contributed by atoms with Crippen LogP contribution in [0.2, 0.25) is 0 Å². The fourth-order valence-electron chi connectivity index (χ4n) is 7.13. The Balaban J connectivity index is 1.21. The number of likely N-dealkylation sites (tertiary alicyclic amines) is 1. The van der Waals surface area contributed by atoms with E-state index in [1.165, 1.54) is 6.07 Å². The minimum Gasteiger partial charge on any atom is -0.480 e. The van der Waals surface area contributed by atoms with Gasteiger partial charge in [-0.05, 0) is 80.1 Å².